The highest BCUT2D eigenvalue weighted by Crippen LogP contribution is 2.27. The number of aromatic nitrogens is 2. The standard InChI is InChI=1S/C21H22ClN5O3S/c22-14-4-6-15(7-5-14)24-20(29)19-21(31-13-23-19)26-18-3-1-2-16(25-18)17(12-28)27-8-10-30-11-9-27/h1-7,13,17,28H,8-12H2,(H,24,29)(H,25,26). The van der Waals surface area contributed by atoms with Gasteiger partial charge in [-0.15, -0.1) is 11.3 Å². The molecule has 2 aromatic heterocycles. The van der Waals surface area contributed by atoms with Gasteiger partial charge in [0.2, 0.25) is 0 Å². The van der Waals surface area contributed by atoms with Gasteiger partial charge in [0.25, 0.3) is 5.91 Å². The summed E-state index contributed by atoms with van der Waals surface area (Å²) in [6.45, 7) is 2.73. The molecule has 1 aliphatic rings. The van der Waals surface area contributed by atoms with Crippen LogP contribution in [0.4, 0.5) is 16.5 Å². The third kappa shape index (κ3) is 5.38. The number of amides is 1. The molecule has 8 nitrogen and oxygen atoms in total. The van der Waals surface area contributed by atoms with E-state index in [1.54, 1.807) is 29.8 Å². The molecule has 1 saturated heterocycles. The molecule has 31 heavy (non-hydrogen) atoms. The summed E-state index contributed by atoms with van der Waals surface area (Å²) in [5.41, 5.74) is 3.27. The highest BCUT2D eigenvalue weighted by Gasteiger charge is 2.23. The summed E-state index contributed by atoms with van der Waals surface area (Å²) in [5.74, 6) is 0.248. The van der Waals surface area contributed by atoms with E-state index in [9.17, 15) is 9.90 Å². The molecular formula is C21H22ClN5O3S. The highest BCUT2D eigenvalue weighted by atomic mass is 35.5. The molecule has 3 aromatic rings. The average molecular weight is 460 g/mol. The Morgan fingerprint density at radius 3 is 2.74 bits per heavy atom. The van der Waals surface area contributed by atoms with E-state index in [0.29, 0.717) is 34.7 Å². The first-order chi connectivity index (χ1) is 15.1. The Balaban J connectivity index is 1.49. The lowest BCUT2D eigenvalue weighted by Crippen LogP contribution is -2.40. The molecule has 0 saturated carbocycles. The summed E-state index contributed by atoms with van der Waals surface area (Å²) in [6, 6.07) is 12.2. The Kier molecular flexibility index (Phi) is 7.10. The van der Waals surface area contributed by atoms with Crippen molar-refractivity contribution in [3.8, 4) is 0 Å². The van der Waals surface area contributed by atoms with Crippen LogP contribution in [0.15, 0.2) is 48.0 Å². The predicted octanol–water partition coefficient (Wildman–Crippen LogP) is 3.55. The zero-order chi connectivity index (χ0) is 21.6. The Hall–Kier alpha value is -2.56. The van der Waals surface area contributed by atoms with Crippen LogP contribution in [0.5, 0.6) is 0 Å². The molecule has 3 N–H and O–H groups in total. The van der Waals surface area contributed by atoms with Crippen molar-refractivity contribution in [3.63, 3.8) is 0 Å². The van der Waals surface area contributed by atoms with Crippen LogP contribution in [0.2, 0.25) is 5.02 Å². The average Bonchev–Trinajstić information content (AvgIpc) is 3.25. The third-order valence-electron chi connectivity index (χ3n) is 4.90. The number of benzene rings is 1. The number of hydrogen-bond acceptors (Lipinski definition) is 8. The third-order valence-corrected chi connectivity index (χ3v) is 5.89. The quantitative estimate of drug-likeness (QED) is 0.496. The number of nitrogens with one attached hydrogen (secondary N) is 2. The lowest BCUT2D eigenvalue weighted by molar-refractivity contribution is 0.00158. The molecule has 162 valence electrons. The monoisotopic (exact) mass is 459 g/mol. The number of ether oxygens (including phenoxy) is 1. The van der Waals surface area contributed by atoms with Crippen LogP contribution in [0.1, 0.15) is 22.2 Å². The molecule has 0 aliphatic carbocycles. The lowest BCUT2D eigenvalue weighted by Gasteiger charge is -2.33. The summed E-state index contributed by atoms with van der Waals surface area (Å²) in [7, 11) is 0. The molecule has 4 rings (SSSR count). The maximum Gasteiger partial charge on any atom is 0.277 e. The topological polar surface area (TPSA) is 99.6 Å². The summed E-state index contributed by atoms with van der Waals surface area (Å²) < 4.78 is 5.40. The SMILES string of the molecule is O=C(Nc1ccc(Cl)cc1)c1ncsc1Nc1cccc(C(CO)N2CCOCC2)n1. The van der Waals surface area contributed by atoms with Gasteiger partial charge in [-0.3, -0.25) is 9.69 Å². The number of thiazole rings is 1. The fourth-order valence-electron chi connectivity index (χ4n) is 3.33. The van der Waals surface area contributed by atoms with E-state index >= 15 is 0 Å². The molecule has 1 aliphatic heterocycles. The van der Waals surface area contributed by atoms with Crippen LogP contribution in [0.25, 0.3) is 0 Å². The summed E-state index contributed by atoms with van der Waals surface area (Å²) in [4.78, 5) is 23.7. The second kappa shape index (κ2) is 10.2. The minimum atomic E-state index is -0.330. The molecule has 3 heterocycles. The van der Waals surface area contributed by atoms with Gasteiger partial charge in [0, 0.05) is 23.8 Å². The molecule has 0 radical (unpaired) electrons. The van der Waals surface area contributed by atoms with E-state index in [-0.39, 0.29) is 24.2 Å². The molecular weight excluding hydrogens is 438 g/mol. The lowest BCUT2D eigenvalue weighted by atomic mass is 10.1. The molecule has 1 aromatic carbocycles. The van der Waals surface area contributed by atoms with Gasteiger partial charge in [-0.05, 0) is 36.4 Å². The van der Waals surface area contributed by atoms with Gasteiger partial charge in [0.05, 0.1) is 37.1 Å². The van der Waals surface area contributed by atoms with Gasteiger partial charge >= 0.3 is 0 Å². The van der Waals surface area contributed by atoms with Crippen LogP contribution in [0.3, 0.4) is 0 Å². The normalized spacial score (nSPS) is 15.4. The van der Waals surface area contributed by atoms with E-state index in [1.165, 1.54) is 11.3 Å². The van der Waals surface area contributed by atoms with E-state index in [4.69, 9.17) is 16.3 Å². The number of halogens is 1. The fourth-order valence-corrected chi connectivity index (χ4v) is 4.14. The Bertz CT molecular complexity index is 1020. The maximum atomic E-state index is 12.7. The van der Waals surface area contributed by atoms with E-state index in [0.717, 1.165) is 18.8 Å². The number of aliphatic hydroxyl groups excluding tert-OH is 1. The number of aliphatic hydroxyl groups is 1. The smallest absolute Gasteiger partial charge is 0.277 e. The Morgan fingerprint density at radius 2 is 2.00 bits per heavy atom. The minimum absolute atomic E-state index is 0.0360. The predicted molar refractivity (Wildman–Crippen MR) is 121 cm³/mol. The number of nitrogens with zero attached hydrogens (tertiary/aromatic N) is 3. The van der Waals surface area contributed by atoms with E-state index in [1.807, 2.05) is 18.2 Å². The first-order valence-corrected chi connectivity index (χ1v) is 11.1. The summed E-state index contributed by atoms with van der Waals surface area (Å²) in [5, 5.41) is 17.1. The number of pyridine rings is 1. The summed E-state index contributed by atoms with van der Waals surface area (Å²) >= 11 is 7.21. The van der Waals surface area contributed by atoms with E-state index in [2.05, 4.69) is 25.5 Å². The van der Waals surface area contributed by atoms with Crippen LogP contribution in [-0.4, -0.2) is 58.8 Å². The zero-order valence-corrected chi connectivity index (χ0v) is 18.2. The molecule has 1 fully saturated rings. The maximum absolute atomic E-state index is 12.7. The van der Waals surface area contributed by atoms with Crippen molar-refractivity contribution < 1.29 is 14.6 Å². The molecule has 1 amide bonds. The largest absolute Gasteiger partial charge is 0.394 e. The number of carbonyl (C=O) groups is 1. The minimum Gasteiger partial charge on any atom is -0.394 e. The molecule has 1 atom stereocenters. The van der Waals surface area contributed by atoms with Crippen molar-refractivity contribution in [1.29, 1.82) is 0 Å². The van der Waals surface area contributed by atoms with Gasteiger partial charge in [0.15, 0.2) is 5.69 Å². The molecule has 1 unspecified atom stereocenters. The molecule has 0 bridgehead atoms. The second-order valence-electron chi connectivity index (χ2n) is 6.91. The van der Waals surface area contributed by atoms with Gasteiger partial charge in [-0.1, -0.05) is 17.7 Å². The van der Waals surface area contributed by atoms with Crippen LogP contribution in [0, 0.1) is 0 Å². The van der Waals surface area contributed by atoms with Crippen molar-refractivity contribution in [2.45, 2.75) is 6.04 Å². The molecule has 0 spiro atoms. The Morgan fingerprint density at radius 1 is 1.23 bits per heavy atom. The van der Waals surface area contributed by atoms with E-state index < -0.39 is 0 Å². The van der Waals surface area contributed by atoms with Crippen molar-refractivity contribution >= 4 is 45.4 Å². The van der Waals surface area contributed by atoms with Gasteiger partial charge in [0.1, 0.15) is 10.8 Å². The number of morpholine rings is 1. The number of carbonyl (C=O) groups excluding carboxylic acids is 1. The van der Waals surface area contributed by atoms with Crippen molar-refractivity contribution in [2.24, 2.45) is 0 Å². The number of anilines is 3. The number of rotatable bonds is 7. The van der Waals surface area contributed by atoms with Crippen LogP contribution < -0.4 is 10.6 Å². The fraction of sp³-hybridized carbons (Fsp3) is 0.286. The van der Waals surface area contributed by atoms with Gasteiger partial charge in [-0.25, -0.2) is 9.97 Å². The van der Waals surface area contributed by atoms with Crippen LogP contribution in [-0.2, 0) is 4.74 Å². The summed E-state index contributed by atoms with van der Waals surface area (Å²) in [6.07, 6.45) is 0. The van der Waals surface area contributed by atoms with Gasteiger partial charge in [-0.2, -0.15) is 0 Å². The second-order valence-corrected chi connectivity index (χ2v) is 8.20. The van der Waals surface area contributed by atoms with Crippen molar-refractivity contribution in [1.82, 2.24) is 14.9 Å². The van der Waals surface area contributed by atoms with Gasteiger partial charge < -0.3 is 20.5 Å². The highest BCUT2D eigenvalue weighted by molar-refractivity contribution is 7.14. The first kappa shape index (κ1) is 21.7. The van der Waals surface area contributed by atoms with Crippen LogP contribution >= 0.6 is 22.9 Å². The number of hydrogen-bond donors (Lipinski definition) is 3. The first-order valence-electron chi connectivity index (χ1n) is 9.81. The molecule has 10 heteroatoms. The van der Waals surface area contributed by atoms with Crippen molar-refractivity contribution in [3.05, 3.63) is 64.4 Å². The zero-order valence-electron chi connectivity index (χ0n) is 16.6. The Labute approximate surface area is 188 Å². The van der Waals surface area contributed by atoms with Crippen molar-refractivity contribution in [2.75, 3.05) is 43.5 Å².